The Kier molecular flexibility index (Phi) is 7.36. The van der Waals surface area contributed by atoms with Gasteiger partial charge in [-0.05, 0) is 48.0 Å². The van der Waals surface area contributed by atoms with Crippen LogP contribution >= 0.6 is 0 Å². The van der Waals surface area contributed by atoms with E-state index in [1.165, 1.54) is 13.3 Å². The van der Waals surface area contributed by atoms with Crippen molar-refractivity contribution in [2.45, 2.75) is 6.92 Å². The number of benzene rings is 4. The van der Waals surface area contributed by atoms with Gasteiger partial charge in [0.25, 0.3) is 0 Å². The molecule has 4 aromatic rings. The van der Waals surface area contributed by atoms with Crippen LogP contribution in [0.5, 0.6) is 11.5 Å². The number of hydrazone groups is 1. The van der Waals surface area contributed by atoms with E-state index in [-0.39, 0.29) is 5.75 Å². The Labute approximate surface area is 207 Å². The first kappa shape index (κ1) is 24.2. The van der Waals surface area contributed by atoms with E-state index in [1.54, 1.807) is 48.5 Å². The number of ether oxygens (including phenoxy) is 2. The minimum Gasteiger partial charge on any atom is -0.497 e. The fraction of sp³-hybridized carbons (Fsp3) is 0.0714. The van der Waals surface area contributed by atoms with Crippen molar-refractivity contribution in [1.82, 2.24) is 5.43 Å². The highest BCUT2D eigenvalue weighted by molar-refractivity contribution is 6.39. The van der Waals surface area contributed by atoms with Gasteiger partial charge in [0.1, 0.15) is 11.5 Å². The normalized spacial score (nSPS) is 10.7. The van der Waals surface area contributed by atoms with Gasteiger partial charge in [-0.2, -0.15) is 5.10 Å². The molecule has 0 saturated carbocycles. The van der Waals surface area contributed by atoms with Crippen molar-refractivity contribution in [2.75, 3.05) is 12.4 Å². The lowest BCUT2D eigenvalue weighted by Crippen LogP contribution is -2.32. The number of esters is 1. The highest BCUT2D eigenvalue weighted by Crippen LogP contribution is 2.27. The van der Waals surface area contributed by atoms with Crippen LogP contribution in [0.15, 0.2) is 90.0 Å². The molecule has 0 radical (unpaired) electrons. The quantitative estimate of drug-likeness (QED) is 0.139. The van der Waals surface area contributed by atoms with Crippen LogP contribution < -0.4 is 20.2 Å². The summed E-state index contributed by atoms with van der Waals surface area (Å²) in [5.74, 6) is -1.59. The second kappa shape index (κ2) is 11.0. The van der Waals surface area contributed by atoms with Gasteiger partial charge in [0.15, 0.2) is 0 Å². The standard InChI is InChI=1S/C28H23N3O5/c1-18-7-5-9-20(15-18)28(34)36-25-14-13-19-8-3-4-12-23(19)24(25)17-29-31-27(33)26(32)30-21-10-6-11-22(16-21)35-2/h3-17H,1-2H3,(H,30,32)(H,31,33)/b29-17+. The Morgan fingerprint density at radius 1 is 0.861 bits per heavy atom. The highest BCUT2D eigenvalue weighted by atomic mass is 16.5. The van der Waals surface area contributed by atoms with Crippen molar-refractivity contribution in [3.8, 4) is 11.5 Å². The largest absolute Gasteiger partial charge is 0.497 e. The number of fused-ring (bicyclic) bond motifs is 1. The maximum atomic E-state index is 12.7. The fourth-order valence-corrected chi connectivity index (χ4v) is 3.52. The molecule has 0 bridgehead atoms. The lowest BCUT2D eigenvalue weighted by Gasteiger charge is -2.11. The second-order valence-corrected chi connectivity index (χ2v) is 7.84. The van der Waals surface area contributed by atoms with Crippen LogP contribution in [0.1, 0.15) is 21.5 Å². The van der Waals surface area contributed by atoms with Gasteiger partial charge in [0, 0.05) is 17.3 Å². The van der Waals surface area contributed by atoms with E-state index >= 15 is 0 Å². The number of nitrogens with zero attached hydrogens (tertiary/aromatic N) is 1. The van der Waals surface area contributed by atoms with Crippen molar-refractivity contribution in [1.29, 1.82) is 0 Å². The van der Waals surface area contributed by atoms with Gasteiger partial charge in [-0.1, -0.05) is 54.1 Å². The van der Waals surface area contributed by atoms with Crippen molar-refractivity contribution >= 4 is 40.5 Å². The topological polar surface area (TPSA) is 106 Å². The zero-order valence-corrected chi connectivity index (χ0v) is 19.6. The van der Waals surface area contributed by atoms with E-state index in [2.05, 4.69) is 15.8 Å². The van der Waals surface area contributed by atoms with Crippen molar-refractivity contribution in [3.63, 3.8) is 0 Å². The van der Waals surface area contributed by atoms with Gasteiger partial charge in [0.2, 0.25) is 0 Å². The molecule has 0 heterocycles. The first-order valence-electron chi connectivity index (χ1n) is 11.0. The number of methoxy groups -OCH3 is 1. The van der Waals surface area contributed by atoms with Gasteiger partial charge in [-0.25, -0.2) is 10.2 Å². The Hall–Kier alpha value is -4.98. The van der Waals surface area contributed by atoms with Crippen molar-refractivity contribution < 1.29 is 23.9 Å². The summed E-state index contributed by atoms with van der Waals surface area (Å²) < 4.78 is 10.8. The van der Waals surface area contributed by atoms with Crippen LogP contribution in [-0.4, -0.2) is 31.1 Å². The molecule has 0 aliphatic heterocycles. The summed E-state index contributed by atoms with van der Waals surface area (Å²) in [5, 5.41) is 8.06. The van der Waals surface area contributed by atoms with E-state index in [0.717, 1.165) is 16.3 Å². The van der Waals surface area contributed by atoms with Crippen LogP contribution in [0.2, 0.25) is 0 Å². The Morgan fingerprint density at radius 2 is 1.67 bits per heavy atom. The summed E-state index contributed by atoms with van der Waals surface area (Å²) in [6.07, 6.45) is 1.35. The SMILES string of the molecule is COc1cccc(NC(=O)C(=O)N/N=C/c2c(OC(=O)c3cccc(C)c3)ccc3ccccc23)c1. The third kappa shape index (κ3) is 5.74. The molecular formula is C28H23N3O5. The summed E-state index contributed by atoms with van der Waals surface area (Å²) in [7, 11) is 1.50. The molecule has 0 aliphatic rings. The first-order chi connectivity index (χ1) is 17.4. The molecule has 36 heavy (non-hydrogen) atoms. The molecular weight excluding hydrogens is 458 g/mol. The van der Waals surface area contributed by atoms with Gasteiger partial charge < -0.3 is 14.8 Å². The molecule has 4 rings (SSSR count). The zero-order valence-electron chi connectivity index (χ0n) is 19.6. The number of amides is 2. The number of aryl methyl sites for hydroxylation is 1. The lowest BCUT2D eigenvalue weighted by atomic mass is 10.0. The zero-order chi connectivity index (χ0) is 25.5. The third-order valence-electron chi connectivity index (χ3n) is 5.28. The van der Waals surface area contributed by atoms with E-state index in [9.17, 15) is 14.4 Å². The number of hydrogen-bond acceptors (Lipinski definition) is 6. The molecule has 0 spiro atoms. The summed E-state index contributed by atoms with van der Waals surface area (Å²) in [6, 6.07) is 24.6. The second-order valence-electron chi connectivity index (χ2n) is 7.84. The monoisotopic (exact) mass is 481 g/mol. The first-order valence-corrected chi connectivity index (χ1v) is 11.0. The molecule has 0 aromatic heterocycles. The minimum atomic E-state index is -0.965. The summed E-state index contributed by atoms with van der Waals surface area (Å²) in [6.45, 7) is 1.89. The summed E-state index contributed by atoms with van der Waals surface area (Å²) in [5.41, 5.74) is 4.43. The van der Waals surface area contributed by atoms with Crippen LogP contribution in [0.25, 0.3) is 10.8 Å². The number of anilines is 1. The van der Waals surface area contributed by atoms with Crippen LogP contribution in [0.4, 0.5) is 5.69 Å². The molecule has 8 heteroatoms. The number of carbonyl (C=O) groups is 3. The molecule has 0 aliphatic carbocycles. The maximum absolute atomic E-state index is 12.7. The van der Waals surface area contributed by atoms with Crippen molar-refractivity contribution in [3.05, 3.63) is 102 Å². The molecule has 4 aromatic carbocycles. The third-order valence-corrected chi connectivity index (χ3v) is 5.28. The Balaban J connectivity index is 1.53. The van der Waals surface area contributed by atoms with E-state index in [4.69, 9.17) is 9.47 Å². The van der Waals surface area contributed by atoms with Gasteiger partial charge in [-0.3, -0.25) is 9.59 Å². The average molecular weight is 482 g/mol. The maximum Gasteiger partial charge on any atom is 0.343 e. The molecule has 0 saturated heterocycles. The number of hydrogen-bond donors (Lipinski definition) is 2. The predicted molar refractivity (Wildman–Crippen MR) is 137 cm³/mol. The Morgan fingerprint density at radius 3 is 2.47 bits per heavy atom. The lowest BCUT2D eigenvalue weighted by molar-refractivity contribution is -0.136. The molecule has 180 valence electrons. The van der Waals surface area contributed by atoms with Gasteiger partial charge in [0.05, 0.1) is 18.9 Å². The predicted octanol–water partition coefficient (Wildman–Crippen LogP) is 4.46. The molecule has 0 atom stereocenters. The molecule has 0 unspecified atom stereocenters. The van der Waals surface area contributed by atoms with Crippen molar-refractivity contribution in [2.24, 2.45) is 5.10 Å². The molecule has 0 fully saturated rings. The van der Waals surface area contributed by atoms with E-state index in [0.29, 0.717) is 22.6 Å². The Bertz CT molecular complexity index is 1480. The van der Waals surface area contributed by atoms with Gasteiger partial charge >= 0.3 is 17.8 Å². The molecule has 2 N–H and O–H groups in total. The number of nitrogens with one attached hydrogen (secondary N) is 2. The number of rotatable bonds is 6. The van der Waals surface area contributed by atoms with Crippen LogP contribution in [-0.2, 0) is 9.59 Å². The summed E-state index contributed by atoms with van der Waals surface area (Å²) in [4.78, 5) is 37.3. The minimum absolute atomic E-state index is 0.263. The van der Waals surface area contributed by atoms with Crippen LogP contribution in [0, 0.1) is 6.92 Å². The smallest absolute Gasteiger partial charge is 0.343 e. The number of carbonyl (C=O) groups excluding carboxylic acids is 3. The van der Waals surface area contributed by atoms with E-state index < -0.39 is 17.8 Å². The van der Waals surface area contributed by atoms with Gasteiger partial charge in [-0.15, -0.1) is 0 Å². The van der Waals surface area contributed by atoms with Crippen LogP contribution in [0.3, 0.4) is 0 Å². The molecule has 8 nitrogen and oxygen atoms in total. The summed E-state index contributed by atoms with van der Waals surface area (Å²) >= 11 is 0. The average Bonchev–Trinajstić information content (AvgIpc) is 2.89. The fourth-order valence-electron chi connectivity index (χ4n) is 3.52. The molecule has 2 amide bonds. The van der Waals surface area contributed by atoms with E-state index in [1.807, 2.05) is 43.3 Å². The highest BCUT2D eigenvalue weighted by Gasteiger charge is 2.15.